The highest BCUT2D eigenvalue weighted by Crippen LogP contribution is 2.43. The molecule has 1 aliphatic carbocycles. The van der Waals surface area contributed by atoms with Gasteiger partial charge in [-0.3, -0.25) is 4.57 Å². The van der Waals surface area contributed by atoms with Crippen molar-refractivity contribution in [1.82, 2.24) is 34.5 Å². The number of rotatable bonds is 3. The van der Waals surface area contributed by atoms with Crippen LogP contribution in [0.15, 0.2) is 24.7 Å². The van der Waals surface area contributed by atoms with Crippen LogP contribution in [0.3, 0.4) is 0 Å². The van der Waals surface area contributed by atoms with Gasteiger partial charge in [0.25, 0.3) is 5.95 Å². The maximum Gasteiger partial charge on any atom is 0.252 e. The van der Waals surface area contributed by atoms with Crippen molar-refractivity contribution >= 4 is 5.82 Å². The third kappa shape index (κ3) is 2.17. The molecule has 3 aromatic rings. The molecule has 1 atom stereocenters. The van der Waals surface area contributed by atoms with E-state index in [9.17, 15) is 0 Å². The molecule has 0 radical (unpaired) electrons. The Morgan fingerprint density at radius 2 is 2.04 bits per heavy atom. The van der Waals surface area contributed by atoms with Crippen LogP contribution in [-0.4, -0.2) is 40.6 Å². The van der Waals surface area contributed by atoms with Gasteiger partial charge >= 0.3 is 0 Å². The Morgan fingerprint density at radius 3 is 2.77 bits per heavy atom. The molecule has 2 aliphatic rings. The number of hydrogen-bond donors (Lipinski definition) is 0. The molecule has 0 saturated heterocycles. The monoisotopic (exact) mass is 350 g/mol. The van der Waals surface area contributed by atoms with Crippen LogP contribution in [0, 0.1) is 6.92 Å². The van der Waals surface area contributed by atoms with E-state index in [1.165, 1.54) is 25.7 Å². The maximum absolute atomic E-state index is 4.94. The van der Waals surface area contributed by atoms with Crippen LogP contribution < -0.4 is 4.90 Å². The van der Waals surface area contributed by atoms with Crippen LogP contribution in [0.4, 0.5) is 5.82 Å². The number of fused-ring (bicyclic) bond motifs is 3. The normalized spacial score (nSPS) is 19.6. The molecule has 8 heteroatoms. The molecule has 0 bridgehead atoms. The lowest BCUT2D eigenvalue weighted by atomic mass is 10.0. The molecule has 26 heavy (non-hydrogen) atoms. The fourth-order valence-electron chi connectivity index (χ4n) is 4.36. The highest BCUT2D eigenvalue weighted by atomic mass is 15.4. The minimum absolute atomic E-state index is 0.187. The third-order valence-electron chi connectivity index (χ3n) is 5.52. The van der Waals surface area contributed by atoms with Gasteiger partial charge in [-0.05, 0) is 32.3 Å². The molecule has 1 aliphatic heterocycles. The summed E-state index contributed by atoms with van der Waals surface area (Å²) in [7, 11) is 0. The lowest BCUT2D eigenvalue weighted by Crippen LogP contribution is -2.42. The second-order valence-electron chi connectivity index (χ2n) is 7.04. The largest absolute Gasteiger partial charge is 0.341 e. The third-order valence-corrected chi connectivity index (χ3v) is 5.52. The van der Waals surface area contributed by atoms with Gasteiger partial charge < -0.3 is 4.90 Å². The van der Waals surface area contributed by atoms with Gasteiger partial charge in [-0.2, -0.15) is 10.1 Å². The summed E-state index contributed by atoms with van der Waals surface area (Å²) in [5.74, 6) is 3.45. The van der Waals surface area contributed by atoms with E-state index < -0.39 is 0 Å². The summed E-state index contributed by atoms with van der Waals surface area (Å²) in [6.07, 6.45) is 11.4. The highest BCUT2D eigenvalue weighted by molar-refractivity contribution is 5.63. The summed E-state index contributed by atoms with van der Waals surface area (Å²) < 4.78 is 3.82. The summed E-state index contributed by atoms with van der Waals surface area (Å²) >= 11 is 0. The highest BCUT2D eigenvalue weighted by Gasteiger charge is 2.39. The lowest BCUT2D eigenvalue weighted by Gasteiger charge is -2.41. The Morgan fingerprint density at radius 1 is 1.19 bits per heavy atom. The van der Waals surface area contributed by atoms with Gasteiger partial charge in [-0.1, -0.05) is 19.8 Å². The predicted molar refractivity (Wildman–Crippen MR) is 96.6 cm³/mol. The molecule has 3 aromatic heterocycles. The van der Waals surface area contributed by atoms with E-state index in [1.807, 2.05) is 25.4 Å². The zero-order valence-electron chi connectivity index (χ0n) is 15.1. The Kier molecular flexibility index (Phi) is 3.51. The molecule has 8 nitrogen and oxygen atoms in total. The molecule has 1 saturated carbocycles. The number of nitrogens with zero attached hydrogens (tertiary/aromatic N) is 8. The first-order valence-corrected chi connectivity index (χ1v) is 9.35. The van der Waals surface area contributed by atoms with Gasteiger partial charge in [0.15, 0.2) is 11.6 Å². The average molecular weight is 350 g/mol. The van der Waals surface area contributed by atoms with Gasteiger partial charge in [0.05, 0.1) is 12.2 Å². The number of hydrogen-bond acceptors (Lipinski definition) is 6. The van der Waals surface area contributed by atoms with Gasteiger partial charge in [-0.25, -0.2) is 9.67 Å². The summed E-state index contributed by atoms with van der Waals surface area (Å²) in [6, 6.07) is 2.56. The Balaban J connectivity index is 1.73. The van der Waals surface area contributed by atoms with Crippen LogP contribution in [0.1, 0.15) is 56.7 Å². The summed E-state index contributed by atoms with van der Waals surface area (Å²) in [6.45, 7) is 4.20. The zero-order chi connectivity index (χ0) is 17.7. The number of anilines is 1. The summed E-state index contributed by atoms with van der Waals surface area (Å²) in [5, 5.41) is 13.1. The minimum atomic E-state index is 0.187. The molecule has 134 valence electrons. The van der Waals surface area contributed by atoms with Crippen LogP contribution >= 0.6 is 0 Å². The molecule has 0 unspecified atom stereocenters. The molecule has 0 spiro atoms. The van der Waals surface area contributed by atoms with E-state index in [-0.39, 0.29) is 6.04 Å². The fraction of sp³-hybridized carbons (Fsp3) is 0.500. The molecule has 4 heterocycles. The SMILES string of the molecule is CC[C@@H]1c2nnc(C)n2-c2cnc(-n3cccn3)nc2N1C1CCCC1. The van der Waals surface area contributed by atoms with Crippen molar-refractivity contribution in [1.29, 1.82) is 0 Å². The Labute approximate surface area is 151 Å². The molecular formula is C18H22N8. The molecule has 1 fully saturated rings. The molecule has 0 amide bonds. The van der Waals surface area contributed by atoms with Gasteiger partial charge in [0.1, 0.15) is 11.5 Å². The van der Waals surface area contributed by atoms with E-state index in [1.54, 1.807) is 10.9 Å². The van der Waals surface area contributed by atoms with Crippen molar-refractivity contribution in [3.63, 3.8) is 0 Å². The second-order valence-corrected chi connectivity index (χ2v) is 7.04. The summed E-state index contributed by atoms with van der Waals surface area (Å²) in [5.41, 5.74) is 0.968. The second kappa shape index (κ2) is 5.89. The van der Waals surface area contributed by atoms with Crippen LogP contribution in [0.25, 0.3) is 11.6 Å². The standard InChI is InChI=1S/C18H22N8/c1-3-14-17-23-22-12(2)25(17)15-11-19-18(24-10-6-9-20-24)21-16(15)26(14)13-7-4-5-8-13/h6,9-11,13-14H,3-5,7-8H2,1-2H3/t14-/m1/s1. The Bertz CT molecular complexity index is 923. The van der Waals surface area contributed by atoms with E-state index in [0.29, 0.717) is 12.0 Å². The first-order valence-electron chi connectivity index (χ1n) is 9.35. The predicted octanol–water partition coefficient (Wildman–Crippen LogP) is 2.77. The lowest BCUT2D eigenvalue weighted by molar-refractivity contribution is 0.467. The number of aromatic nitrogens is 7. The first kappa shape index (κ1) is 15.5. The topological polar surface area (TPSA) is 77.5 Å². The van der Waals surface area contributed by atoms with Crippen molar-refractivity contribution in [3.8, 4) is 11.6 Å². The van der Waals surface area contributed by atoms with Crippen molar-refractivity contribution < 1.29 is 0 Å². The molecule has 0 N–H and O–H groups in total. The smallest absolute Gasteiger partial charge is 0.252 e. The number of aryl methyl sites for hydroxylation is 1. The van der Waals surface area contributed by atoms with E-state index in [4.69, 9.17) is 4.98 Å². The molecular weight excluding hydrogens is 328 g/mol. The van der Waals surface area contributed by atoms with Crippen LogP contribution in [-0.2, 0) is 0 Å². The minimum Gasteiger partial charge on any atom is -0.341 e. The molecule has 5 rings (SSSR count). The average Bonchev–Trinajstić information content (AvgIpc) is 3.42. The van der Waals surface area contributed by atoms with Gasteiger partial charge in [-0.15, -0.1) is 10.2 Å². The molecule has 0 aromatic carbocycles. The van der Waals surface area contributed by atoms with Crippen molar-refractivity contribution in [2.24, 2.45) is 0 Å². The van der Waals surface area contributed by atoms with Gasteiger partial charge in [0.2, 0.25) is 0 Å². The van der Waals surface area contributed by atoms with Crippen molar-refractivity contribution in [2.45, 2.75) is 58.0 Å². The van der Waals surface area contributed by atoms with E-state index >= 15 is 0 Å². The van der Waals surface area contributed by atoms with E-state index in [2.05, 4.69) is 36.7 Å². The summed E-state index contributed by atoms with van der Waals surface area (Å²) in [4.78, 5) is 12.0. The van der Waals surface area contributed by atoms with Crippen molar-refractivity contribution in [2.75, 3.05) is 4.90 Å². The quantitative estimate of drug-likeness (QED) is 0.723. The maximum atomic E-state index is 4.94. The van der Waals surface area contributed by atoms with Crippen LogP contribution in [0.2, 0.25) is 0 Å². The van der Waals surface area contributed by atoms with Gasteiger partial charge in [0, 0.05) is 18.4 Å². The van der Waals surface area contributed by atoms with Crippen molar-refractivity contribution in [3.05, 3.63) is 36.3 Å². The fourth-order valence-corrected chi connectivity index (χ4v) is 4.36. The first-order chi connectivity index (χ1) is 12.8. The van der Waals surface area contributed by atoms with E-state index in [0.717, 1.165) is 29.6 Å². The zero-order valence-corrected chi connectivity index (χ0v) is 15.1. The van der Waals surface area contributed by atoms with Crippen LogP contribution in [0.5, 0.6) is 0 Å². The Hall–Kier alpha value is -2.77.